The van der Waals surface area contributed by atoms with Crippen molar-refractivity contribution in [2.75, 3.05) is 13.7 Å². The second kappa shape index (κ2) is 7.31. The second-order valence-corrected chi connectivity index (χ2v) is 5.10. The molecule has 0 bridgehead atoms. The summed E-state index contributed by atoms with van der Waals surface area (Å²) < 4.78 is 9.45. The average molecular weight is 323 g/mol. The Balaban J connectivity index is 3.09. The van der Waals surface area contributed by atoms with Gasteiger partial charge in [0.25, 0.3) is 5.79 Å². The molecule has 1 saturated heterocycles. The highest BCUT2D eigenvalue weighted by molar-refractivity contribution is 5.78. The molecule has 0 aromatic rings. The van der Waals surface area contributed by atoms with Gasteiger partial charge in [-0.3, -0.25) is 4.79 Å². The molecule has 6 N–H and O–H groups in total. The lowest BCUT2D eigenvalue weighted by Gasteiger charge is -2.45. The molecule has 1 aliphatic rings. The first-order valence-electron chi connectivity index (χ1n) is 6.57. The van der Waals surface area contributed by atoms with Crippen LogP contribution in [0.4, 0.5) is 0 Å². The van der Waals surface area contributed by atoms with Gasteiger partial charge >= 0.3 is 5.97 Å². The van der Waals surface area contributed by atoms with E-state index in [0.29, 0.717) is 0 Å². The first-order valence-corrected chi connectivity index (χ1v) is 6.57. The third kappa shape index (κ3) is 3.91. The summed E-state index contributed by atoms with van der Waals surface area (Å²) >= 11 is 0. The van der Waals surface area contributed by atoms with Gasteiger partial charge in [-0.25, -0.2) is 4.79 Å². The minimum Gasteiger partial charge on any atom is -0.465 e. The third-order valence-electron chi connectivity index (χ3n) is 3.38. The van der Waals surface area contributed by atoms with Gasteiger partial charge in [-0.2, -0.15) is 0 Å². The molecule has 3 unspecified atom stereocenters. The number of hydrogen-bond acceptors (Lipinski definition) is 9. The fourth-order valence-corrected chi connectivity index (χ4v) is 2.29. The van der Waals surface area contributed by atoms with Crippen molar-refractivity contribution in [1.29, 1.82) is 0 Å². The topological polar surface area (TPSA) is 166 Å². The molecule has 0 aromatic heterocycles. The summed E-state index contributed by atoms with van der Waals surface area (Å²) in [5.41, 5.74) is 0. The smallest absolute Gasteiger partial charge is 0.366 e. The normalized spacial score (nSPS) is 34.6. The molecule has 1 amide bonds. The van der Waals surface area contributed by atoms with Gasteiger partial charge in [-0.05, 0) is 0 Å². The maximum absolute atomic E-state index is 11.6. The van der Waals surface area contributed by atoms with Crippen molar-refractivity contribution in [3.05, 3.63) is 0 Å². The predicted octanol–water partition coefficient (Wildman–Crippen LogP) is -3.78. The number of carbonyl (C=O) groups is 2. The number of ether oxygens (including phenoxy) is 2. The number of aliphatic hydroxyl groups is 5. The zero-order valence-corrected chi connectivity index (χ0v) is 12.2. The van der Waals surface area contributed by atoms with Gasteiger partial charge in [0.15, 0.2) is 0 Å². The summed E-state index contributed by atoms with van der Waals surface area (Å²) in [6.45, 7) is 0.320. The van der Waals surface area contributed by atoms with Crippen LogP contribution < -0.4 is 5.32 Å². The third-order valence-corrected chi connectivity index (χ3v) is 3.38. The van der Waals surface area contributed by atoms with Crippen LogP contribution >= 0.6 is 0 Å². The van der Waals surface area contributed by atoms with Crippen LogP contribution in [0.2, 0.25) is 0 Å². The van der Waals surface area contributed by atoms with Crippen LogP contribution in [-0.4, -0.2) is 87.4 Å². The molecule has 1 aliphatic heterocycles. The van der Waals surface area contributed by atoms with E-state index in [9.17, 15) is 30.0 Å². The molecule has 0 spiro atoms. The molecule has 10 nitrogen and oxygen atoms in total. The molecule has 6 atom stereocenters. The quantitative estimate of drug-likeness (QED) is 0.278. The Kier molecular flexibility index (Phi) is 6.23. The summed E-state index contributed by atoms with van der Waals surface area (Å²) in [5, 5.41) is 50.8. The Bertz CT molecular complexity index is 417. The number of esters is 1. The van der Waals surface area contributed by atoms with Crippen LogP contribution in [0, 0.1) is 0 Å². The van der Waals surface area contributed by atoms with E-state index in [1.807, 2.05) is 0 Å². The Morgan fingerprint density at radius 1 is 1.45 bits per heavy atom. The molecule has 1 fully saturated rings. The zero-order chi connectivity index (χ0) is 17.1. The molecular weight excluding hydrogens is 302 g/mol. The van der Waals surface area contributed by atoms with Gasteiger partial charge in [-0.1, -0.05) is 0 Å². The summed E-state index contributed by atoms with van der Waals surface area (Å²) in [7, 11) is 0.990. The summed E-state index contributed by atoms with van der Waals surface area (Å²) in [6, 6.07) is -1.21. The van der Waals surface area contributed by atoms with E-state index in [1.54, 1.807) is 0 Å². The molecule has 10 heteroatoms. The van der Waals surface area contributed by atoms with Crippen LogP contribution in [0.5, 0.6) is 0 Å². The van der Waals surface area contributed by atoms with E-state index in [-0.39, 0.29) is 0 Å². The Labute approximate surface area is 126 Å². The lowest BCUT2D eigenvalue weighted by molar-refractivity contribution is -0.296. The summed E-state index contributed by atoms with van der Waals surface area (Å²) in [5.74, 6) is -4.32. The number of methoxy groups -OCH3 is 1. The Morgan fingerprint density at radius 3 is 2.50 bits per heavy atom. The van der Waals surface area contributed by atoms with Gasteiger partial charge < -0.3 is 40.3 Å². The molecule has 1 heterocycles. The van der Waals surface area contributed by atoms with E-state index in [2.05, 4.69) is 10.1 Å². The Morgan fingerprint density at radius 2 is 2.05 bits per heavy atom. The fraction of sp³-hybridized carbons (Fsp3) is 0.833. The number of carbonyl (C=O) groups excluding carboxylic acids is 2. The van der Waals surface area contributed by atoms with Gasteiger partial charge in [0.05, 0.1) is 25.9 Å². The molecule has 22 heavy (non-hydrogen) atoms. The minimum atomic E-state index is -2.55. The highest BCUT2D eigenvalue weighted by atomic mass is 16.7. The van der Waals surface area contributed by atoms with Crippen LogP contribution in [0.3, 0.4) is 0 Å². The van der Waals surface area contributed by atoms with E-state index >= 15 is 0 Å². The lowest BCUT2D eigenvalue weighted by atomic mass is 9.88. The molecule has 0 aromatic carbocycles. The highest BCUT2D eigenvalue weighted by Crippen LogP contribution is 2.31. The average Bonchev–Trinajstić information content (AvgIpc) is 2.46. The minimum absolute atomic E-state index is 0.563. The number of amides is 1. The number of rotatable bonds is 5. The van der Waals surface area contributed by atoms with Crippen molar-refractivity contribution in [3.8, 4) is 0 Å². The van der Waals surface area contributed by atoms with E-state index < -0.39 is 61.1 Å². The summed E-state index contributed by atoms with van der Waals surface area (Å²) in [4.78, 5) is 22.8. The first-order chi connectivity index (χ1) is 10.2. The van der Waals surface area contributed by atoms with Crippen LogP contribution in [0.15, 0.2) is 0 Å². The van der Waals surface area contributed by atoms with Gasteiger partial charge in [0.2, 0.25) is 5.91 Å². The van der Waals surface area contributed by atoms with Crippen molar-refractivity contribution < 1.29 is 44.6 Å². The highest BCUT2D eigenvalue weighted by Gasteiger charge is 2.54. The lowest BCUT2D eigenvalue weighted by Crippen LogP contribution is -2.67. The van der Waals surface area contributed by atoms with Crippen LogP contribution in [-0.2, 0) is 19.1 Å². The monoisotopic (exact) mass is 323 g/mol. The van der Waals surface area contributed by atoms with Crippen molar-refractivity contribution >= 4 is 11.9 Å². The van der Waals surface area contributed by atoms with Crippen molar-refractivity contribution in [2.45, 2.75) is 49.6 Å². The van der Waals surface area contributed by atoms with Crippen LogP contribution in [0.1, 0.15) is 13.3 Å². The molecule has 0 radical (unpaired) electrons. The van der Waals surface area contributed by atoms with Crippen molar-refractivity contribution in [3.63, 3.8) is 0 Å². The number of nitrogens with one attached hydrogen (secondary N) is 1. The van der Waals surface area contributed by atoms with Gasteiger partial charge in [0.1, 0.15) is 18.3 Å². The largest absolute Gasteiger partial charge is 0.465 e. The Hall–Kier alpha value is -1.30. The fourth-order valence-electron chi connectivity index (χ4n) is 2.29. The SMILES string of the molecule is COC(=O)C1(O)C[C@@H](O)C(NC(C)=O)C([C@H](O)[C@H](O)CO)O1. The maximum atomic E-state index is 11.6. The zero-order valence-electron chi connectivity index (χ0n) is 12.2. The first kappa shape index (κ1) is 18.7. The molecule has 128 valence electrons. The molecule has 0 saturated carbocycles. The number of hydrogen-bond donors (Lipinski definition) is 6. The van der Waals surface area contributed by atoms with Crippen molar-refractivity contribution in [2.24, 2.45) is 0 Å². The summed E-state index contributed by atoms with van der Waals surface area (Å²) in [6.07, 6.45) is -7.09. The predicted molar refractivity (Wildman–Crippen MR) is 69.2 cm³/mol. The van der Waals surface area contributed by atoms with E-state index in [0.717, 1.165) is 14.0 Å². The van der Waals surface area contributed by atoms with E-state index in [4.69, 9.17) is 9.84 Å². The maximum Gasteiger partial charge on any atom is 0.366 e. The van der Waals surface area contributed by atoms with Crippen LogP contribution in [0.25, 0.3) is 0 Å². The molecular formula is C12H21NO9. The number of aliphatic hydroxyl groups excluding tert-OH is 4. The van der Waals surface area contributed by atoms with Gasteiger partial charge in [-0.15, -0.1) is 0 Å². The van der Waals surface area contributed by atoms with Crippen molar-refractivity contribution in [1.82, 2.24) is 5.32 Å². The molecule has 1 rings (SSSR count). The molecule has 0 aliphatic carbocycles. The second-order valence-electron chi connectivity index (χ2n) is 5.10. The van der Waals surface area contributed by atoms with Gasteiger partial charge in [0, 0.05) is 13.3 Å². The standard InChI is InChI=1S/C12H21NO9/c1-5(15)13-8-6(16)3-12(20,11(19)21-2)22-10(8)9(18)7(17)4-14/h6-10,14,16-18,20H,3-4H2,1-2H3,(H,13,15)/t6-,7-,8?,9-,10?,12?/m1/s1. The van der Waals surface area contributed by atoms with E-state index in [1.165, 1.54) is 0 Å².